The molecule has 2 rings (SSSR count). The fraction of sp³-hybridized carbons (Fsp3) is 0.625. The summed E-state index contributed by atoms with van der Waals surface area (Å²) in [6, 6.07) is 9.58. The standard InChI is InChI=1S/C16H25NO3/c1-15(2)11-17-9-14(20-15)10-19-12-16(3,18)13-7-5-4-6-8-13/h4-8,14,17-18H,9-12H2,1-3H3. The number of hydrogen-bond acceptors (Lipinski definition) is 4. The van der Waals surface area contributed by atoms with E-state index in [9.17, 15) is 5.11 Å². The molecule has 1 aromatic carbocycles. The van der Waals surface area contributed by atoms with Crippen LogP contribution in [0.3, 0.4) is 0 Å². The molecule has 4 heteroatoms. The van der Waals surface area contributed by atoms with Gasteiger partial charge in [0, 0.05) is 13.1 Å². The molecule has 0 aromatic heterocycles. The average molecular weight is 279 g/mol. The van der Waals surface area contributed by atoms with Crippen molar-refractivity contribution >= 4 is 0 Å². The number of morpholine rings is 1. The van der Waals surface area contributed by atoms with E-state index < -0.39 is 5.60 Å². The van der Waals surface area contributed by atoms with Crippen molar-refractivity contribution in [1.29, 1.82) is 0 Å². The highest BCUT2D eigenvalue weighted by molar-refractivity contribution is 5.21. The van der Waals surface area contributed by atoms with Gasteiger partial charge in [0.05, 0.1) is 24.9 Å². The second-order valence-corrected chi connectivity index (χ2v) is 6.29. The van der Waals surface area contributed by atoms with E-state index in [2.05, 4.69) is 19.2 Å². The largest absolute Gasteiger partial charge is 0.383 e. The lowest BCUT2D eigenvalue weighted by atomic mass is 9.97. The Kier molecular flexibility index (Phi) is 4.81. The summed E-state index contributed by atoms with van der Waals surface area (Å²) in [5.74, 6) is 0. The van der Waals surface area contributed by atoms with Crippen molar-refractivity contribution in [1.82, 2.24) is 5.32 Å². The van der Waals surface area contributed by atoms with Crippen LogP contribution >= 0.6 is 0 Å². The highest BCUT2D eigenvalue weighted by Gasteiger charge is 2.29. The van der Waals surface area contributed by atoms with Crippen LogP contribution in [-0.4, -0.2) is 43.1 Å². The molecule has 0 amide bonds. The first kappa shape index (κ1) is 15.4. The van der Waals surface area contributed by atoms with Crippen molar-refractivity contribution in [3.8, 4) is 0 Å². The summed E-state index contributed by atoms with van der Waals surface area (Å²) < 4.78 is 11.6. The van der Waals surface area contributed by atoms with Crippen molar-refractivity contribution < 1.29 is 14.6 Å². The molecular formula is C16H25NO3. The highest BCUT2D eigenvalue weighted by atomic mass is 16.6. The lowest BCUT2D eigenvalue weighted by Gasteiger charge is -2.37. The summed E-state index contributed by atoms with van der Waals surface area (Å²) in [5.41, 5.74) is -0.268. The Bertz CT molecular complexity index is 417. The van der Waals surface area contributed by atoms with Gasteiger partial charge in [0.1, 0.15) is 5.60 Å². The molecule has 0 aliphatic carbocycles. The lowest BCUT2D eigenvalue weighted by Crippen LogP contribution is -2.52. The molecule has 1 aliphatic heterocycles. The van der Waals surface area contributed by atoms with Gasteiger partial charge in [-0.25, -0.2) is 0 Å². The van der Waals surface area contributed by atoms with Crippen LogP contribution in [0.1, 0.15) is 26.3 Å². The van der Waals surface area contributed by atoms with Crippen LogP contribution in [0, 0.1) is 0 Å². The smallest absolute Gasteiger partial charge is 0.110 e. The zero-order chi connectivity index (χ0) is 14.6. The van der Waals surface area contributed by atoms with E-state index in [1.807, 2.05) is 30.3 Å². The molecule has 112 valence electrons. The molecule has 0 spiro atoms. The van der Waals surface area contributed by atoms with Crippen LogP contribution in [0.15, 0.2) is 30.3 Å². The van der Waals surface area contributed by atoms with Gasteiger partial charge < -0.3 is 19.9 Å². The van der Waals surface area contributed by atoms with Crippen LogP contribution in [0.25, 0.3) is 0 Å². The van der Waals surface area contributed by atoms with Crippen molar-refractivity contribution in [2.45, 2.75) is 38.1 Å². The number of nitrogens with one attached hydrogen (secondary N) is 1. The monoisotopic (exact) mass is 279 g/mol. The Hall–Kier alpha value is -0.940. The maximum absolute atomic E-state index is 10.4. The van der Waals surface area contributed by atoms with Gasteiger partial charge >= 0.3 is 0 Å². The number of aliphatic hydroxyl groups is 1. The van der Waals surface area contributed by atoms with Gasteiger partial charge in [-0.15, -0.1) is 0 Å². The molecule has 4 nitrogen and oxygen atoms in total. The number of rotatable bonds is 5. The second-order valence-electron chi connectivity index (χ2n) is 6.29. The van der Waals surface area contributed by atoms with Gasteiger partial charge in [0.25, 0.3) is 0 Å². The fourth-order valence-electron chi connectivity index (χ4n) is 2.43. The van der Waals surface area contributed by atoms with Crippen LogP contribution in [0.4, 0.5) is 0 Å². The summed E-state index contributed by atoms with van der Waals surface area (Å²) in [6.07, 6.45) is 0.0327. The van der Waals surface area contributed by atoms with Crippen LogP contribution in [-0.2, 0) is 15.1 Å². The van der Waals surface area contributed by atoms with Crippen LogP contribution < -0.4 is 5.32 Å². The molecule has 1 aromatic rings. The Balaban J connectivity index is 1.81. The Morgan fingerprint density at radius 1 is 1.40 bits per heavy atom. The molecule has 20 heavy (non-hydrogen) atoms. The minimum absolute atomic E-state index is 0.0327. The van der Waals surface area contributed by atoms with E-state index in [4.69, 9.17) is 9.47 Å². The molecule has 2 unspecified atom stereocenters. The van der Waals surface area contributed by atoms with Gasteiger partial charge in [-0.3, -0.25) is 0 Å². The van der Waals surface area contributed by atoms with Gasteiger partial charge in [0.2, 0.25) is 0 Å². The molecule has 1 saturated heterocycles. The predicted octanol–water partition coefficient (Wildman–Crippen LogP) is 1.68. The van der Waals surface area contributed by atoms with Crippen LogP contribution in [0.2, 0.25) is 0 Å². The number of hydrogen-bond donors (Lipinski definition) is 2. The topological polar surface area (TPSA) is 50.7 Å². The summed E-state index contributed by atoms with van der Waals surface area (Å²) >= 11 is 0. The molecule has 0 bridgehead atoms. The third-order valence-corrected chi connectivity index (χ3v) is 3.49. The van der Waals surface area contributed by atoms with E-state index in [1.54, 1.807) is 6.92 Å². The van der Waals surface area contributed by atoms with Gasteiger partial charge in [-0.1, -0.05) is 30.3 Å². The fourth-order valence-corrected chi connectivity index (χ4v) is 2.43. The molecule has 1 heterocycles. The Labute approximate surface area is 121 Å². The maximum Gasteiger partial charge on any atom is 0.110 e. The van der Waals surface area contributed by atoms with E-state index in [0.29, 0.717) is 6.61 Å². The first-order valence-corrected chi connectivity index (χ1v) is 7.13. The number of benzene rings is 1. The quantitative estimate of drug-likeness (QED) is 0.861. The van der Waals surface area contributed by atoms with Crippen LogP contribution in [0.5, 0.6) is 0 Å². The predicted molar refractivity (Wildman–Crippen MR) is 78.7 cm³/mol. The lowest BCUT2D eigenvalue weighted by molar-refractivity contribution is -0.133. The Morgan fingerprint density at radius 3 is 2.75 bits per heavy atom. The highest BCUT2D eigenvalue weighted by Crippen LogP contribution is 2.21. The summed E-state index contributed by atoms with van der Waals surface area (Å²) in [5, 5.41) is 13.8. The molecule has 2 N–H and O–H groups in total. The molecule has 2 atom stereocenters. The normalized spacial score (nSPS) is 25.1. The van der Waals surface area contributed by atoms with Gasteiger partial charge in [-0.05, 0) is 26.3 Å². The molecule has 1 fully saturated rings. The third kappa shape index (κ3) is 4.28. The van der Waals surface area contributed by atoms with Gasteiger partial charge in [0.15, 0.2) is 0 Å². The van der Waals surface area contributed by atoms with Crippen molar-refractivity contribution in [2.75, 3.05) is 26.3 Å². The van der Waals surface area contributed by atoms with Crippen molar-refractivity contribution in [2.24, 2.45) is 0 Å². The van der Waals surface area contributed by atoms with Crippen molar-refractivity contribution in [3.05, 3.63) is 35.9 Å². The molecule has 0 saturated carbocycles. The first-order chi connectivity index (χ1) is 9.39. The molecule has 1 aliphatic rings. The number of ether oxygens (including phenoxy) is 2. The SMILES string of the molecule is CC1(C)CNCC(COCC(C)(O)c2ccccc2)O1. The van der Waals surface area contributed by atoms with E-state index in [1.165, 1.54) is 0 Å². The molecule has 0 radical (unpaired) electrons. The summed E-state index contributed by atoms with van der Waals surface area (Å²) in [6.45, 7) is 8.28. The van der Waals surface area contributed by atoms with Gasteiger partial charge in [-0.2, -0.15) is 0 Å². The van der Waals surface area contributed by atoms with E-state index in [-0.39, 0.29) is 18.3 Å². The third-order valence-electron chi connectivity index (χ3n) is 3.49. The van der Waals surface area contributed by atoms with Crippen molar-refractivity contribution in [3.63, 3.8) is 0 Å². The van der Waals surface area contributed by atoms with E-state index in [0.717, 1.165) is 18.7 Å². The minimum Gasteiger partial charge on any atom is -0.383 e. The summed E-state index contributed by atoms with van der Waals surface area (Å²) in [4.78, 5) is 0. The van der Waals surface area contributed by atoms with E-state index >= 15 is 0 Å². The first-order valence-electron chi connectivity index (χ1n) is 7.13. The zero-order valence-corrected chi connectivity index (χ0v) is 12.6. The second kappa shape index (κ2) is 6.22. The zero-order valence-electron chi connectivity index (χ0n) is 12.6. The maximum atomic E-state index is 10.4. The summed E-state index contributed by atoms with van der Waals surface area (Å²) in [7, 11) is 0. The minimum atomic E-state index is -0.973. The molecular weight excluding hydrogens is 254 g/mol. The Morgan fingerprint density at radius 2 is 2.10 bits per heavy atom. The average Bonchev–Trinajstić information content (AvgIpc) is 2.38.